The molecule has 98 valence electrons. The summed E-state index contributed by atoms with van der Waals surface area (Å²) in [5.41, 5.74) is 0. The van der Waals surface area contributed by atoms with Gasteiger partial charge in [-0.1, -0.05) is 6.92 Å². The molecule has 2 aliphatic heterocycles. The van der Waals surface area contributed by atoms with Crippen LogP contribution in [-0.2, 0) is 4.79 Å². The van der Waals surface area contributed by atoms with E-state index in [0.717, 1.165) is 19.6 Å². The standard InChI is InChI=1S/C13H24N2O2/c1-11(7-14-4-2-3-5-14)8-15-9-12(10-16)6-13(15)17/h11-12,16H,2-10H2,1H3. The van der Waals surface area contributed by atoms with Crippen molar-refractivity contribution in [2.45, 2.75) is 26.2 Å². The van der Waals surface area contributed by atoms with Crippen LogP contribution in [0.5, 0.6) is 0 Å². The average molecular weight is 240 g/mol. The summed E-state index contributed by atoms with van der Waals surface area (Å²) in [6.45, 7) is 7.51. The molecule has 2 fully saturated rings. The summed E-state index contributed by atoms with van der Waals surface area (Å²) in [6.07, 6.45) is 3.18. The maximum absolute atomic E-state index is 11.7. The molecule has 4 heteroatoms. The van der Waals surface area contributed by atoms with E-state index in [1.165, 1.54) is 25.9 Å². The number of amides is 1. The highest BCUT2D eigenvalue weighted by molar-refractivity contribution is 5.78. The van der Waals surface area contributed by atoms with Gasteiger partial charge in [-0.05, 0) is 31.8 Å². The molecular weight excluding hydrogens is 216 g/mol. The summed E-state index contributed by atoms with van der Waals surface area (Å²) in [7, 11) is 0. The summed E-state index contributed by atoms with van der Waals surface area (Å²) in [6, 6.07) is 0. The van der Waals surface area contributed by atoms with Gasteiger partial charge in [-0.3, -0.25) is 4.79 Å². The maximum Gasteiger partial charge on any atom is 0.223 e. The van der Waals surface area contributed by atoms with Crippen molar-refractivity contribution in [1.82, 2.24) is 9.80 Å². The molecule has 1 amide bonds. The minimum absolute atomic E-state index is 0.142. The normalized spacial score (nSPS) is 28.0. The molecule has 0 aromatic rings. The second-order valence-electron chi connectivity index (χ2n) is 5.66. The molecule has 0 radical (unpaired) electrons. The van der Waals surface area contributed by atoms with E-state index < -0.39 is 0 Å². The number of hydrogen-bond donors (Lipinski definition) is 1. The third-order valence-electron chi connectivity index (χ3n) is 3.85. The van der Waals surface area contributed by atoms with Gasteiger partial charge in [-0.25, -0.2) is 0 Å². The van der Waals surface area contributed by atoms with Gasteiger partial charge in [0.1, 0.15) is 0 Å². The molecule has 1 N–H and O–H groups in total. The number of carbonyl (C=O) groups excluding carboxylic acids is 1. The Labute approximate surface area is 104 Å². The summed E-state index contributed by atoms with van der Waals surface area (Å²) >= 11 is 0. The fourth-order valence-corrected chi connectivity index (χ4v) is 2.99. The highest BCUT2D eigenvalue weighted by Gasteiger charge is 2.30. The first-order valence-electron chi connectivity index (χ1n) is 6.80. The highest BCUT2D eigenvalue weighted by Crippen LogP contribution is 2.19. The molecule has 2 rings (SSSR count). The molecule has 2 unspecified atom stereocenters. The Morgan fingerprint density at radius 1 is 1.35 bits per heavy atom. The van der Waals surface area contributed by atoms with Crippen LogP contribution in [-0.4, -0.2) is 60.1 Å². The Kier molecular flexibility index (Phi) is 4.40. The summed E-state index contributed by atoms with van der Waals surface area (Å²) in [5.74, 6) is 0.924. The molecule has 0 aromatic carbocycles. The smallest absolute Gasteiger partial charge is 0.223 e. The van der Waals surface area contributed by atoms with Crippen molar-refractivity contribution in [2.24, 2.45) is 11.8 Å². The number of nitrogens with zero attached hydrogens (tertiary/aromatic N) is 2. The number of rotatable bonds is 5. The van der Waals surface area contributed by atoms with E-state index in [1.807, 2.05) is 4.90 Å². The zero-order chi connectivity index (χ0) is 12.3. The summed E-state index contributed by atoms with van der Waals surface area (Å²) in [4.78, 5) is 16.1. The third kappa shape index (κ3) is 3.42. The minimum Gasteiger partial charge on any atom is -0.396 e. The van der Waals surface area contributed by atoms with Gasteiger partial charge >= 0.3 is 0 Å². The molecule has 2 heterocycles. The van der Waals surface area contributed by atoms with E-state index in [-0.39, 0.29) is 18.4 Å². The molecule has 2 aliphatic rings. The molecule has 0 aromatic heterocycles. The number of aliphatic hydroxyl groups excluding tert-OH is 1. The maximum atomic E-state index is 11.7. The van der Waals surface area contributed by atoms with Crippen LogP contribution in [0.3, 0.4) is 0 Å². The molecular formula is C13H24N2O2. The van der Waals surface area contributed by atoms with Crippen LogP contribution in [0.25, 0.3) is 0 Å². The van der Waals surface area contributed by atoms with Crippen LogP contribution in [0.2, 0.25) is 0 Å². The van der Waals surface area contributed by atoms with Crippen molar-refractivity contribution < 1.29 is 9.90 Å². The summed E-state index contributed by atoms with van der Waals surface area (Å²) in [5, 5.41) is 9.08. The number of aliphatic hydroxyl groups is 1. The van der Waals surface area contributed by atoms with Gasteiger partial charge in [0.25, 0.3) is 0 Å². The Bertz CT molecular complexity index is 264. The molecule has 17 heavy (non-hydrogen) atoms. The van der Waals surface area contributed by atoms with Crippen LogP contribution in [0, 0.1) is 11.8 Å². The minimum atomic E-state index is 0.142. The molecule has 4 nitrogen and oxygen atoms in total. The number of hydrogen-bond acceptors (Lipinski definition) is 3. The van der Waals surface area contributed by atoms with Gasteiger partial charge in [0.05, 0.1) is 0 Å². The van der Waals surface area contributed by atoms with Gasteiger partial charge in [0.2, 0.25) is 5.91 Å². The third-order valence-corrected chi connectivity index (χ3v) is 3.85. The first-order chi connectivity index (χ1) is 8.19. The predicted molar refractivity (Wildman–Crippen MR) is 66.6 cm³/mol. The quantitative estimate of drug-likeness (QED) is 0.763. The topological polar surface area (TPSA) is 43.8 Å². The largest absolute Gasteiger partial charge is 0.396 e. The monoisotopic (exact) mass is 240 g/mol. The number of carbonyl (C=O) groups is 1. The molecule has 2 atom stereocenters. The zero-order valence-electron chi connectivity index (χ0n) is 10.8. The van der Waals surface area contributed by atoms with Gasteiger partial charge in [-0.2, -0.15) is 0 Å². The van der Waals surface area contributed by atoms with E-state index in [2.05, 4.69) is 11.8 Å². The molecule has 0 aliphatic carbocycles. The average Bonchev–Trinajstić information content (AvgIpc) is 2.89. The highest BCUT2D eigenvalue weighted by atomic mass is 16.3. The van der Waals surface area contributed by atoms with Crippen LogP contribution >= 0.6 is 0 Å². The SMILES string of the molecule is CC(CN1CCCC1)CN1CC(CO)CC1=O. The first-order valence-corrected chi connectivity index (χ1v) is 6.80. The lowest BCUT2D eigenvalue weighted by Crippen LogP contribution is -2.35. The van der Waals surface area contributed by atoms with Crippen LogP contribution < -0.4 is 0 Å². The lowest BCUT2D eigenvalue weighted by atomic mass is 10.1. The predicted octanol–water partition coefficient (Wildman–Crippen LogP) is 0.559. The van der Waals surface area contributed by atoms with Crippen molar-refractivity contribution in [2.75, 3.05) is 39.3 Å². The lowest BCUT2D eigenvalue weighted by Gasteiger charge is -2.25. The summed E-state index contributed by atoms with van der Waals surface area (Å²) < 4.78 is 0. The van der Waals surface area contributed by atoms with Gasteiger partial charge in [0, 0.05) is 38.6 Å². The Morgan fingerprint density at radius 2 is 2.06 bits per heavy atom. The molecule has 2 saturated heterocycles. The van der Waals surface area contributed by atoms with E-state index >= 15 is 0 Å². The first kappa shape index (κ1) is 12.8. The Morgan fingerprint density at radius 3 is 2.65 bits per heavy atom. The molecule has 0 bridgehead atoms. The van der Waals surface area contributed by atoms with Crippen LogP contribution in [0.15, 0.2) is 0 Å². The Balaban J connectivity index is 1.74. The van der Waals surface area contributed by atoms with E-state index in [1.54, 1.807) is 0 Å². The molecule has 0 spiro atoms. The van der Waals surface area contributed by atoms with E-state index in [9.17, 15) is 4.79 Å². The van der Waals surface area contributed by atoms with E-state index in [0.29, 0.717) is 12.3 Å². The zero-order valence-corrected chi connectivity index (χ0v) is 10.8. The van der Waals surface area contributed by atoms with Crippen molar-refractivity contribution in [3.63, 3.8) is 0 Å². The van der Waals surface area contributed by atoms with Crippen LogP contribution in [0.1, 0.15) is 26.2 Å². The van der Waals surface area contributed by atoms with Crippen molar-refractivity contribution in [3.8, 4) is 0 Å². The lowest BCUT2D eigenvalue weighted by molar-refractivity contribution is -0.128. The Hall–Kier alpha value is -0.610. The fourth-order valence-electron chi connectivity index (χ4n) is 2.99. The van der Waals surface area contributed by atoms with Gasteiger partial charge < -0.3 is 14.9 Å². The number of likely N-dealkylation sites (tertiary alicyclic amines) is 2. The fraction of sp³-hybridized carbons (Fsp3) is 0.923. The second kappa shape index (κ2) is 5.83. The van der Waals surface area contributed by atoms with Crippen molar-refractivity contribution in [1.29, 1.82) is 0 Å². The van der Waals surface area contributed by atoms with Crippen molar-refractivity contribution >= 4 is 5.91 Å². The van der Waals surface area contributed by atoms with Gasteiger partial charge in [-0.15, -0.1) is 0 Å². The van der Waals surface area contributed by atoms with Crippen molar-refractivity contribution in [3.05, 3.63) is 0 Å². The van der Waals surface area contributed by atoms with E-state index in [4.69, 9.17) is 5.11 Å². The van der Waals surface area contributed by atoms with Crippen LogP contribution in [0.4, 0.5) is 0 Å². The molecule has 0 saturated carbocycles. The van der Waals surface area contributed by atoms with Gasteiger partial charge in [0.15, 0.2) is 0 Å². The second-order valence-corrected chi connectivity index (χ2v) is 5.66.